The largest absolute Gasteiger partial charge is 0.469 e. The number of nitrogens with zero attached hydrogens (tertiary/aromatic N) is 4. The lowest BCUT2D eigenvalue weighted by atomic mass is 9.96. The van der Waals surface area contributed by atoms with Crippen molar-refractivity contribution < 1.29 is 9.53 Å². The van der Waals surface area contributed by atoms with E-state index in [-0.39, 0.29) is 5.97 Å². The van der Waals surface area contributed by atoms with Crippen molar-refractivity contribution in [1.82, 2.24) is 9.88 Å². The van der Waals surface area contributed by atoms with Gasteiger partial charge in [-0.25, -0.2) is 4.98 Å². The Bertz CT molecular complexity index is 523. The summed E-state index contributed by atoms with van der Waals surface area (Å²) in [5.41, 5.74) is 1.20. The Morgan fingerprint density at radius 1 is 1.27 bits per heavy atom. The van der Waals surface area contributed by atoms with Gasteiger partial charge in [-0.15, -0.1) is 0 Å². The van der Waals surface area contributed by atoms with E-state index in [0.29, 0.717) is 12.3 Å². The summed E-state index contributed by atoms with van der Waals surface area (Å²) in [6, 6.07) is 4.22. The van der Waals surface area contributed by atoms with Crippen LogP contribution in [0.5, 0.6) is 0 Å². The summed E-state index contributed by atoms with van der Waals surface area (Å²) < 4.78 is 4.73. The van der Waals surface area contributed by atoms with Gasteiger partial charge >= 0.3 is 5.97 Å². The molecule has 0 atom stereocenters. The first kappa shape index (κ1) is 15.1. The number of anilines is 2. The molecule has 1 aromatic rings. The molecule has 0 bridgehead atoms. The molecule has 2 aliphatic rings. The van der Waals surface area contributed by atoms with Crippen LogP contribution in [0.15, 0.2) is 18.3 Å². The Morgan fingerprint density at radius 2 is 2.00 bits per heavy atom. The molecule has 0 spiro atoms. The van der Waals surface area contributed by atoms with E-state index in [4.69, 9.17) is 4.74 Å². The summed E-state index contributed by atoms with van der Waals surface area (Å²) >= 11 is 0. The van der Waals surface area contributed by atoms with Gasteiger partial charge in [0.2, 0.25) is 0 Å². The van der Waals surface area contributed by atoms with E-state index in [0.717, 1.165) is 45.1 Å². The number of piperazine rings is 1. The average Bonchev–Trinajstić information content (AvgIpc) is 2.51. The van der Waals surface area contributed by atoms with Crippen LogP contribution >= 0.6 is 0 Å². The quantitative estimate of drug-likeness (QED) is 0.768. The summed E-state index contributed by atoms with van der Waals surface area (Å²) in [5, 5.41) is 0. The molecule has 6 nitrogen and oxygen atoms in total. The average molecular weight is 304 g/mol. The Morgan fingerprint density at radius 3 is 2.68 bits per heavy atom. The molecule has 2 fully saturated rings. The normalized spacial score (nSPS) is 19.9. The molecule has 6 heteroatoms. The summed E-state index contributed by atoms with van der Waals surface area (Å²) in [5.74, 6) is 1.35. The number of likely N-dealkylation sites (N-methyl/N-ethyl adjacent to an activating group) is 1. The third-order valence-electron chi connectivity index (χ3n) is 4.56. The number of carbonyl (C=O) groups is 1. The summed E-state index contributed by atoms with van der Waals surface area (Å²) in [6.45, 7) is 6.05. The lowest BCUT2D eigenvalue weighted by Crippen LogP contribution is -2.48. The second-order valence-electron chi connectivity index (χ2n) is 6.21. The van der Waals surface area contributed by atoms with E-state index in [1.165, 1.54) is 12.8 Å². The minimum Gasteiger partial charge on any atom is -0.469 e. The number of carbonyl (C=O) groups excluding carboxylic acids is 1. The third kappa shape index (κ3) is 3.32. The first-order valence-electron chi connectivity index (χ1n) is 7.87. The molecule has 22 heavy (non-hydrogen) atoms. The van der Waals surface area contributed by atoms with Crippen molar-refractivity contribution in [2.45, 2.75) is 6.42 Å². The summed E-state index contributed by atoms with van der Waals surface area (Å²) in [6.07, 6.45) is 2.40. The highest BCUT2D eigenvalue weighted by atomic mass is 16.5. The molecule has 2 aliphatic heterocycles. The first-order chi connectivity index (χ1) is 10.7. The molecule has 0 radical (unpaired) electrons. The maximum atomic E-state index is 11.3. The molecule has 0 N–H and O–H groups in total. The fraction of sp³-hybridized carbons (Fsp3) is 0.625. The van der Waals surface area contributed by atoms with E-state index in [1.807, 2.05) is 12.3 Å². The van der Waals surface area contributed by atoms with Gasteiger partial charge in [0.25, 0.3) is 0 Å². The number of ether oxygens (including phenoxy) is 1. The number of hydrogen-bond acceptors (Lipinski definition) is 6. The van der Waals surface area contributed by atoms with Crippen LogP contribution < -0.4 is 9.80 Å². The van der Waals surface area contributed by atoms with Crippen LogP contribution in [0.1, 0.15) is 6.42 Å². The van der Waals surface area contributed by atoms with Crippen LogP contribution in [0.3, 0.4) is 0 Å². The number of methoxy groups -OCH3 is 1. The molecule has 0 unspecified atom stereocenters. The van der Waals surface area contributed by atoms with Crippen LogP contribution in [0.4, 0.5) is 11.5 Å². The maximum Gasteiger partial charge on any atom is 0.305 e. The molecule has 3 heterocycles. The van der Waals surface area contributed by atoms with Crippen LogP contribution in [-0.4, -0.2) is 69.3 Å². The molecule has 0 aromatic carbocycles. The highest BCUT2D eigenvalue weighted by molar-refractivity contribution is 5.70. The highest BCUT2D eigenvalue weighted by Crippen LogP contribution is 2.28. The zero-order valence-electron chi connectivity index (χ0n) is 13.4. The minimum absolute atomic E-state index is 0.113. The number of rotatable bonds is 4. The Balaban J connectivity index is 1.57. The van der Waals surface area contributed by atoms with Gasteiger partial charge in [-0.2, -0.15) is 0 Å². The van der Waals surface area contributed by atoms with Gasteiger partial charge in [0, 0.05) is 63.1 Å². The second kappa shape index (κ2) is 6.52. The topological polar surface area (TPSA) is 48.9 Å². The Labute approximate surface area is 131 Å². The zero-order valence-corrected chi connectivity index (χ0v) is 13.4. The van der Waals surface area contributed by atoms with E-state index in [2.05, 4.69) is 32.8 Å². The van der Waals surface area contributed by atoms with Gasteiger partial charge in [0.15, 0.2) is 0 Å². The molecule has 2 saturated heterocycles. The van der Waals surface area contributed by atoms with Gasteiger partial charge in [-0.05, 0) is 13.1 Å². The monoisotopic (exact) mass is 304 g/mol. The third-order valence-corrected chi connectivity index (χ3v) is 4.56. The van der Waals surface area contributed by atoms with E-state index < -0.39 is 0 Å². The van der Waals surface area contributed by atoms with Crippen molar-refractivity contribution in [1.29, 1.82) is 0 Å². The Hall–Kier alpha value is -1.82. The van der Waals surface area contributed by atoms with Gasteiger partial charge in [0.1, 0.15) is 5.82 Å². The molecule has 120 valence electrons. The standard InChI is InChI=1S/C16H24N4O2/c1-18-5-7-19(8-6-18)15-10-14(3-4-17-15)20-11-13(12-20)9-16(21)22-2/h3-4,10,13H,5-9,11-12H2,1-2H3. The predicted octanol–water partition coefficient (Wildman–Crippen LogP) is 0.833. The zero-order chi connectivity index (χ0) is 15.5. The smallest absolute Gasteiger partial charge is 0.305 e. The molecular weight excluding hydrogens is 280 g/mol. The molecular formula is C16H24N4O2. The van der Waals surface area contributed by atoms with Gasteiger partial charge < -0.3 is 19.4 Å². The SMILES string of the molecule is COC(=O)CC1CN(c2ccnc(N3CCN(C)CC3)c2)C1. The first-order valence-corrected chi connectivity index (χ1v) is 7.87. The van der Waals surface area contributed by atoms with Crippen LogP contribution in [-0.2, 0) is 9.53 Å². The molecule has 1 aromatic heterocycles. The van der Waals surface area contributed by atoms with Crippen LogP contribution in [0.25, 0.3) is 0 Å². The number of aromatic nitrogens is 1. The fourth-order valence-corrected chi connectivity index (χ4v) is 3.04. The number of esters is 1. The van der Waals surface area contributed by atoms with Gasteiger partial charge in [-0.3, -0.25) is 4.79 Å². The maximum absolute atomic E-state index is 11.3. The summed E-state index contributed by atoms with van der Waals surface area (Å²) in [7, 11) is 3.60. The van der Waals surface area contributed by atoms with Crippen molar-refractivity contribution in [2.75, 3.05) is 63.2 Å². The number of pyridine rings is 1. The molecule has 3 rings (SSSR count). The van der Waals surface area contributed by atoms with E-state index >= 15 is 0 Å². The number of hydrogen-bond donors (Lipinski definition) is 0. The molecule has 0 saturated carbocycles. The van der Waals surface area contributed by atoms with Crippen molar-refractivity contribution in [3.8, 4) is 0 Å². The molecule has 0 amide bonds. The minimum atomic E-state index is -0.113. The Kier molecular flexibility index (Phi) is 4.47. The highest BCUT2D eigenvalue weighted by Gasteiger charge is 2.29. The van der Waals surface area contributed by atoms with Gasteiger partial charge in [-0.1, -0.05) is 0 Å². The fourth-order valence-electron chi connectivity index (χ4n) is 3.04. The molecule has 0 aliphatic carbocycles. The van der Waals surface area contributed by atoms with E-state index in [1.54, 1.807) is 0 Å². The van der Waals surface area contributed by atoms with Crippen molar-refractivity contribution in [2.24, 2.45) is 5.92 Å². The van der Waals surface area contributed by atoms with Crippen molar-refractivity contribution in [3.05, 3.63) is 18.3 Å². The van der Waals surface area contributed by atoms with Crippen molar-refractivity contribution >= 4 is 17.5 Å². The van der Waals surface area contributed by atoms with Crippen molar-refractivity contribution in [3.63, 3.8) is 0 Å². The second-order valence-corrected chi connectivity index (χ2v) is 6.21. The van der Waals surface area contributed by atoms with Crippen LogP contribution in [0, 0.1) is 5.92 Å². The lowest BCUT2D eigenvalue weighted by Gasteiger charge is -2.41. The van der Waals surface area contributed by atoms with Gasteiger partial charge in [0.05, 0.1) is 13.5 Å². The van der Waals surface area contributed by atoms with E-state index in [9.17, 15) is 4.79 Å². The summed E-state index contributed by atoms with van der Waals surface area (Å²) in [4.78, 5) is 22.8. The lowest BCUT2D eigenvalue weighted by molar-refractivity contribution is -0.141. The van der Waals surface area contributed by atoms with Crippen LogP contribution in [0.2, 0.25) is 0 Å². The predicted molar refractivity (Wildman–Crippen MR) is 86.3 cm³/mol.